The summed E-state index contributed by atoms with van der Waals surface area (Å²) in [5, 5.41) is 4.27. The fraction of sp³-hybridized carbons (Fsp3) is 0.292. The lowest BCUT2D eigenvalue weighted by atomic mass is 9.96. The van der Waals surface area contributed by atoms with Crippen molar-refractivity contribution in [1.82, 2.24) is 9.97 Å². The Kier molecular flexibility index (Phi) is 6.69. The van der Waals surface area contributed by atoms with Gasteiger partial charge in [0.15, 0.2) is 5.82 Å². The van der Waals surface area contributed by atoms with Crippen molar-refractivity contribution < 1.29 is 14.3 Å². The summed E-state index contributed by atoms with van der Waals surface area (Å²) in [5.74, 6) is 1.50. The van der Waals surface area contributed by atoms with E-state index in [1.807, 2.05) is 24.3 Å². The van der Waals surface area contributed by atoms with E-state index in [4.69, 9.17) is 31.0 Å². The van der Waals surface area contributed by atoms with Gasteiger partial charge in [-0.2, -0.15) is 0 Å². The van der Waals surface area contributed by atoms with Crippen LogP contribution in [0.25, 0.3) is 11.4 Å². The first kappa shape index (κ1) is 22.6. The number of rotatable bonds is 6. The highest BCUT2D eigenvalue weighted by Gasteiger charge is 2.30. The zero-order valence-corrected chi connectivity index (χ0v) is 19.7. The van der Waals surface area contributed by atoms with E-state index < -0.39 is 0 Å². The third kappa shape index (κ3) is 5.41. The highest BCUT2D eigenvalue weighted by Crippen LogP contribution is 2.34. The van der Waals surface area contributed by atoms with Crippen LogP contribution in [0.4, 0.5) is 5.69 Å². The molecule has 1 aliphatic heterocycles. The van der Waals surface area contributed by atoms with Gasteiger partial charge in [0, 0.05) is 28.3 Å². The summed E-state index contributed by atoms with van der Waals surface area (Å²) in [4.78, 5) is 22.1. The monoisotopic (exact) mass is 469 g/mol. The number of methoxy groups -OCH3 is 1. The number of ether oxygens (including phenoxy) is 2. The molecular weight excluding hydrogens is 446 g/mol. The number of anilines is 1. The van der Waals surface area contributed by atoms with Crippen molar-refractivity contribution in [3.63, 3.8) is 0 Å². The van der Waals surface area contributed by atoms with Gasteiger partial charge in [0.1, 0.15) is 10.8 Å². The average Bonchev–Trinajstić information content (AvgIpc) is 2.78. The first-order chi connectivity index (χ1) is 15.3. The van der Waals surface area contributed by atoms with Crippen LogP contribution < -0.4 is 10.1 Å². The van der Waals surface area contributed by atoms with E-state index in [-0.39, 0.29) is 17.3 Å². The molecule has 8 heteroatoms. The standard InChI is InChI=1S/C24H24ClN3O3S/c1-24(2)12-20-19(13-31-24)23(28-22(27-20)15-4-10-18(30-3)11-5-15)32-14-21(29)26-17-8-6-16(25)7-9-17/h4-11H,12-14H2,1-3H3,(H,26,29). The number of halogens is 1. The molecule has 1 aliphatic rings. The van der Waals surface area contributed by atoms with Gasteiger partial charge in [-0.05, 0) is 62.4 Å². The Labute approximate surface area is 196 Å². The number of thioether (sulfide) groups is 1. The molecule has 1 N–H and O–H groups in total. The fourth-order valence-corrected chi connectivity index (χ4v) is 4.34. The second-order valence-electron chi connectivity index (χ2n) is 8.08. The summed E-state index contributed by atoms with van der Waals surface area (Å²) in [6.45, 7) is 4.53. The molecule has 166 valence electrons. The van der Waals surface area contributed by atoms with E-state index >= 15 is 0 Å². The molecule has 0 radical (unpaired) electrons. The minimum Gasteiger partial charge on any atom is -0.497 e. The molecule has 3 aromatic rings. The molecule has 0 atom stereocenters. The van der Waals surface area contributed by atoms with Gasteiger partial charge in [-0.15, -0.1) is 0 Å². The summed E-state index contributed by atoms with van der Waals surface area (Å²) in [5.41, 5.74) is 3.21. The van der Waals surface area contributed by atoms with Crippen LogP contribution >= 0.6 is 23.4 Å². The molecule has 32 heavy (non-hydrogen) atoms. The fourth-order valence-electron chi connectivity index (χ4n) is 3.37. The summed E-state index contributed by atoms with van der Waals surface area (Å²) in [6, 6.07) is 14.7. The smallest absolute Gasteiger partial charge is 0.234 e. The third-order valence-corrected chi connectivity index (χ3v) is 6.34. The van der Waals surface area contributed by atoms with Crippen molar-refractivity contribution in [1.29, 1.82) is 0 Å². The van der Waals surface area contributed by atoms with Gasteiger partial charge in [-0.25, -0.2) is 9.97 Å². The van der Waals surface area contributed by atoms with Crippen molar-refractivity contribution in [2.45, 2.75) is 37.5 Å². The highest BCUT2D eigenvalue weighted by atomic mass is 35.5. The zero-order valence-electron chi connectivity index (χ0n) is 18.1. The van der Waals surface area contributed by atoms with Crippen LogP contribution in [0.15, 0.2) is 53.6 Å². The number of nitrogens with zero attached hydrogens (tertiary/aromatic N) is 2. The minimum atomic E-state index is -0.299. The molecule has 2 aromatic carbocycles. The van der Waals surface area contributed by atoms with Crippen LogP contribution in [0.2, 0.25) is 5.02 Å². The number of carbonyl (C=O) groups excluding carboxylic acids is 1. The molecule has 0 fully saturated rings. The molecule has 2 heterocycles. The van der Waals surface area contributed by atoms with Crippen LogP contribution in [-0.2, 0) is 22.6 Å². The highest BCUT2D eigenvalue weighted by molar-refractivity contribution is 8.00. The molecule has 0 bridgehead atoms. The first-order valence-electron chi connectivity index (χ1n) is 10.2. The van der Waals surface area contributed by atoms with Crippen LogP contribution in [0.1, 0.15) is 25.1 Å². The molecule has 0 spiro atoms. The van der Waals surface area contributed by atoms with Gasteiger partial charge in [0.05, 0.1) is 30.8 Å². The van der Waals surface area contributed by atoms with Crippen molar-refractivity contribution >= 4 is 35.0 Å². The molecule has 1 amide bonds. The Morgan fingerprint density at radius 2 is 1.88 bits per heavy atom. The number of fused-ring (bicyclic) bond motifs is 1. The maximum atomic E-state index is 12.5. The zero-order chi connectivity index (χ0) is 22.7. The van der Waals surface area contributed by atoms with E-state index in [1.54, 1.807) is 31.4 Å². The minimum absolute atomic E-state index is 0.118. The van der Waals surface area contributed by atoms with Gasteiger partial charge < -0.3 is 14.8 Å². The van der Waals surface area contributed by atoms with E-state index in [9.17, 15) is 4.79 Å². The van der Waals surface area contributed by atoms with Crippen LogP contribution in [0.3, 0.4) is 0 Å². The first-order valence-corrected chi connectivity index (χ1v) is 11.6. The molecule has 6 nitrogen and oxygen atoms in total. The molecule has 4 rings (SSSR count). The molecule has 0 unspecified atom stereocenters. The molecular formula is C24H24ClN3O3S. The predicted molar refractivity (Wildman–Crippen MR) is 127 cm³/mol. The van der Waals surface area contributed by atoms with E-state index in [0.717, 1.165) is 27.6 Å². The normalized spacial score (nSPS) is 14.5. The van der Waals surface area contributed by atoms with Crippen molar-refractivity contribution in [2.24, 2.45) is 0 Å². The second kappa shape index (κ2) is 9.48. The Hall–Kier alpha value is -2.61. The maximum Gasteiger partial charge on any atom is 0.234 e. The quantitative estimate of drug-likeness (QED) is 0.385. The van der Waals surface area contributed by atoms with Crippen molar-refractivity contribution in [3.05, 3.63) is 64.8 Å². The Balaban J connectivity index is 1.58. The number of hydrogen-bond donors (Lipinski definition) is 1. The lowest BCUT2D eigenvalue weighted by molar-refractivity contribution is -0.113. The van der Waals surface area contributed by atoms with Gasteiger partial charge >= 0.3 is 0 Å². The van der Waals surface area contributed by atoms with Gasteiger partial charge in [-0.1, -0.05) is 23.4 Å². The van der Waals surface area contributed by atoms with Crippen LogP contribution in [0.5, 0.6) is 5.75 Å². The number of amides is 1. The number of benzene rings is 2. The van der Waals surface area contributed by atoms with Crippen molar-refractivity contribution in [2.75, 3.05) is 18.2 Å². The average molecular weight is 470 g/mol. The van der Waals surface area contributed by atoms with Crippen LogP contribution in [0, 0.1) is 0 Å². The summed E-state index contributed by atoms with van der Waals surface area (Å²) >= 11 is 7.30. The Bertz CT molecular complexity index is 1120. The number of aromatic nitrogens is 2. The lowest BCUT2D eigenvalue weighted by Crippen LogP contribution is -2.33. The Morgan fingerprint density at radius 3 is 2.56 bits per heavy atom. The summed E-state index contributed by atoms with van der Waals surface area (Å²) in [6.07, 6.45) is 0.679. The van der Waals surface area contributed by atoms with E-state index in [1.165, 1.54) is 11.8 Å². The third-order valence-electron chi connectivity index (χ3n) is 5.07. The SMILES string of the molecule is COc1ccc(-c2nc3c(c(SCC(=O)Nc4ccc(Cl)cc4)n2)COC(C)(C)C3)cc1. The van der Waals surface area contributed by atoms with E-state index in [2.05, 4.69) is 19.2 Å². The maximum absolute atomic E-state index is 12.5. The summed E-state index contributed by atoms with van der Waals surface area (Å²) < 4.78 is 11.3. The van der Waals surface area contributed by atoms with Gasteiger partial charge in [0.25, 0.3) is 0 Å². The van der Waals surface area contributed by atoms with Gasteiger partial charge in [0.2, 0.25) is 5.91 Å². The van der Waals surface area contributed by atoms with Crippen molar-refractivity contribution in [3.8, 4) is 17.1 Å². The second-order valence-corrected chi connectivity index (χ2v) is 9.48. The largest absolute Gasteiger partial charge is 0.497 e. The van der Waals surface area contributed by atoms with Gasteiger partial charge in [-0.3, -0.25) is 4.79 Å². The predicted octanol–water partition coefficient (Wildman–Crippen LogP) is 5.39. The number of nitrogens with one attached hydrogen (secondary N) is 1. The Morgan fingerprint density at radius 1 is 1.16 bits per heavy atom. The topological polar surface area (TPSA) is 73.3 Å². The molecule has 0 saturated heterocycles. The molecule has 1 aromatic heterocycles. The van der Waals surface area contributed by atoms with E-state index in [0.29, 0.717) is 29.6 Å². The van der Waals surface area contributed by atoms with Crippen LogP contribution in [-0.4, -0.2) is 34.3 Å². The summed E-state index contributed by atoms with van der Waals surface area (Å²) in [7, 11) is 1.64. The molecule has 0 saturated carbocycles. The lowest BCUT2D eigenvalue weighted by Gasteiger charge is -2.32. The number of hydrogen-bond acceptors (Lipinski definition) is 6. The number of carbonyl (C=O) groups is 1. The molecule has 0 aliphatic carbocycles.